The summed E-state index contributed by atoms with van der Waals surface area (Å²) in [5.74, 6) is 0.127. The number of nitrogens with zero attached hydrogens (tertiary/aromatic N) is 1. The zero-order chi connectivity index (χ0) is 12.4. The van der Waals surface area contributed by atoms with Crippen molar-refractivity contribution in [2.75, 3.05) is 0 Å². The normalized spacial score (nSPS) is 10.7. The molecule has 3 rings (SSSR count). The minimum Gasteiger partial charge on any atom is -0.294 e. The largest absolute Gasteiger partial charge is 0.294 e. The predicted molar refractivity (Wildman–Crippen MR) is 74.1 cm³/mol. The molecule has 0 bridgehead atoms. The highest BCUT2D eigenvalue weighted by Gasteiger charge is 2.11. The number of carbonyl (C=O) groups is 1. The number of thiazole rings is 1. The van der Waals surface area contributed by atoms with Gasteiger partial charge in [-0.15, -0.1) is 11.3 Å². The van der Waals surface area contributed by atoms with Gasteiger partial charge in [-0.2, -0.15) is 0 Å². The van der Waals surface area contributed by atoms with Crippen molar-refractivity contribution in [2.24, 2.45) is 0 Å². The van der Waals surface area contributed by atoms with E-state index < -0.39 is 0 Å². The fourth-order valence-electron chi connectivity index (χ4n) is 2.04. The molecule has 0 atom stereocenters. The Kier molecular flexibility index (Phi) is 2.90. The molecule has 2 nitrogen and oxygen atoms in total. The zero-order valence-electron chi connectivity index (χ0n) is 9.67. The Morgan fingerprint density at radius 1 is 1.11 bits per heavy atom. The van der Waals surface area contributed by atoms with Crippen molar-refractivity contribution in [1.29, 1.82) is 0 Å². The molecule has 0 saturated heterocycles. The van der Waals surface area contributed by atoms with Crippen LogP contribution in [0.4, 0.5) is 0 Å². The second-order valence-electron chi connectivity index (χ2n) is 4.05. The molecule has 0 aliphatic carbocycles. The van der Waals surface area contributed by atoms with E-state index in [1.165, 1.54) is 11.3 Å². The maximum Gasteiger partial charge on any atom is 0.170 e. The van der Waals surface area contributed by atoms with Crippen molar-refractivity contribution in [3.8, 4) is 0 Å². The number of rotatable bonds is 3. The first kappa shape index (κ1) is 11.1. The van der Waals surface area contributed by atoms with Crippen molar-refractivity contribution < 1.29 is 4.79 Å². The Morgan fingerprint density at radius 3 is 2.78 bits per heavy atom. The Hall–Kier alpha value is -2.00. The second kappa shape index (κ2) is 4.70. The van der Waals surface area contributed by atoms with Crippen LogP contribution in [0.25, 0.3) is 10.8 Å². The van der Waals surface area contributed by atoms with Crippen LogP contribution in [0, 0.1) is 0 Å². The number of Topliss-reactive ketones (excluding diaryl/α,β-unsaturated/α-hetero) is 1. The quantitative estimate of drug-likeness (QED) is 0.666. The summed E-state index contributed by atoms with van der Waals surface area (Å²) in [5.41, 5.74) is 0.781. The summed E-state index contributed by atoms with van der Waals surface area (Å²) >= 11 is 1.52. The SMILES string of the molecule is O=C(Cc1nccs1)c1cccc2ccccc12. The van der Waals surface area contributed by atoms with Gasteiger partial charge in [0.15, 0.2) is 5.78 Å². The smallest absolute Gasteiger partial charge is 0.170 e. The molecule has 0 N–H and O–H groups in total. The van der Waals surface area contributed by atoms with E-state index in [1.807, 2.05) is 47.8 Å². The average molecular weight is 253 g/mol. The van der Waals surface area contributed by atoms with E-state index in [0.717, 1.165) is 21.3 Å². The van der Waals surface area contributed by atoms with Crippen molar-refractivity contribution in [2.45, 2.75) is 6.42 Å². The van der Waals surface area contributed by atoms with Gasteiger partial charge in [-0.1, -0.05) is 42.5 Å². The molecule has 88 valence electrons. The van der Waals surface area contributed by atoms with E-state index in [2.05, 4.69) is 4.98 Å². The fourth-order valence-corrected chi connectivity index (χ4v) is 2.66. The predicted octanol–water partition coefficient (Wildman–Crippen LogP) is 3.72. The van der Waals surface area contributed by atoms with E-state index in [1.54, 1.807) is 6.20 Å². The number of hydrogen-bond acceptors (Lipinski definition) is 3. The van der Waals surface area contributed by atoms with Crippen molar-refractivity contribution in [3.05, 3.63) is 64.6 Å². The molecule has 3 heteroatoms. The summed E-state index contributed by atoms with van der Waals surface area (Å²) in [4.78, 5) is 16.5. The molecule has 1 heterocycles. The minimum atomic E-state index is 0.127. The van der Waals surface area contributed by atoms with E-state index >= 15 is 0 Å². The molecule has 0 aliphatic heterocycles. The maximum absolute atomic E-state index is 12.3. The molecule has 0 unspecified atom stereocenters. The molecule has 1 aromatic heterocycles. The molecular weight excluding hydrogens is 242 g/mol. The lowest BCUT2D eigenvalue weighted by Gasteiger charge is -2.04. The van der Waals surface area contributed by atoms with E-state index in [0.29, 0.717) is 6.42 Å². The third kappa shape index (κ3) is 2.05. The van der Waals surface area contributed by atoms with Crippen molar-refractivity contribution >= 4 is 27.9 Å². The van der Waals surface area contributed by atoms with Crippen LogP contribution in [0.3, 0.4) is 0 Å². The summed E-state index contributed by atoms with van der Waals surface area (Å²) in [7, 11) is 0. The van der Waals surface area contributed by atoms with Crippen molar-refractivity contribution in [1.82, 2.24) is 4.98 Å². The van der Waals surface area contributed by atoms with E-state index in [4.69, 9.17) is 0 Å². The number of carbonyl (C=O) groups excluding carboxylic acids is 1. The summed E-state index contributed by atoms with van der Waals surface area (Å²) < 4.78 is 0. The molecule has 3 aromatic rings. The van der Waals surface area contributed by atoms with Gasteiger partial charge in [-0.25, -0.2) is 4.98 Å². The van der Waals surface area contributed by atoms with Gasteiger partial charge in [-0.3, -0.25) is 4.79 Å². The third-order valence-electron chi connectivity index (χ3n) is 2.89. The first-order chi connectivity index (χ1) is 8.84. The molecule has 0 saturated carbocycles. The van der Waals surface area contributed by atoms with Gasteiger partial charge in [0.2, 0.25) is 0 Å². The zero-order valence-corrected chi connectivity index (χ0v) is 10.5. The first-order valence-corrected chi connectivity index (χ1v) is 6.62. The first-order valence-electron chi connectivity index (χ1n) is 5.74. The number of fused-ring (bicyclic) bond motifs is 1. The molecule has 18 heavy (non-hydrogen) atoms. The van der Waals surface area contributed by atoms with Crippen LogP contribution < -0.4 is 0 Å². The van der Waals surface area contributed by atoms with E-state index in [9.17, 15) is 4.79 Å². The summed E-state index contributed by atoms with van der Waals surface area (Å²) in [6, 6.07) is 13.8. The van der Waals surface area contributed by atoms with Crippen LogP contribution in [0.15, 0.2) is 54.0 Å². The highest BCUT2D eigenvalue weighted by atomic mass is 32.1. The number of hydrogen-bond donors (Lipinski definition) is 0. The highest BCUT2D eigenvalue weighted by molar-refractivity contribution is 7.09. The van der Waals surface area contributed by atoms with E-state index in [-0.39, 0.29) is 5.78 Å². The van der Waals surface area contributed by atoms with Gasteiger partial charge in [0, 0.05) is 17.1 Å². The maximum atomic E-state index is 12.3. The molecule has 0 aliphatic rings. The van der Waals surface area contributed by atoms with Gasteiger partial charge in [-0.05, 0) is 10.8 Å². The lowest BCUT2D eigenvalue weighted by atomic mass is 10.0. The van der Waals surface area contributed by atoms with Gasteiger partial charge < -0.3 is 0 Å². The van der Waals surface area contributed by atoms with Crippen LogP contribution in [-0.2, 0) is 6.42 Å². The lowest BCUT2D eigenvalue weighted by Crippen LogP contribution is -2.03. The van der Waals surface area contributed by atoms with Crippen LogP contribution in [0.2, 0.25) is 0 Å². The second-order valence-corrected chi connectivity index (χ2v) is 5.03. The minimum absolute atomic E-state index is 0.127. The molecule has 0 radical (unpaired) electrons. The van der Waals surface area contributed by atoms with Crippen molar-refractivity contribution in [3.63, 3.8) is 0 Å². The van der Waals surface area contributed by atoms with Crippen LogP contribution in [0.1, 0.15) is 15.4 Å². The average Bonchev–Trinajstić information content (AvgIpc) is 2.91. The van der Waals surface area contributed by atoms with Crippen LogP contribution >= 0.6 is 11.3 Å². The summed E-state index contributed by atoms with van der Waals surface area (Å²) in [6.45, 7) is 0. The summed E-state index contributed by atoms with van der Waals surface area (Å²) in [6.07, 6.45) is 2.11. The molecule has 0 amide bonds. The fraction of sp³-hybridized carbons (Fsp3) is 0.0667. The Morgan fingerprint density at radius 2 is 1.94 bits per heavy atom. The van der Waals surface area contributed by atoms with Gasteiger partial charge in [0.1, 0.15) is 5.01 Å². The Balaban J connectivity index is 2.01. The Bertz CT molecular complexity index is 683. The summed E-state index contributed by atoms with van der Waals surface area (Å²) in [5, 5.41) is 4.88. The monoisotopic (exact) mass is 253 g/mol. The molecular formula is C15H11NOS. The molecule has 0 spiro atoms. The number of ketones is 1. The topological polar surface area (TPSA) is 30.0 Å². The van der Waals surface area contributed by atoms with Crippen LogP contribution in [0.5, 0.6) is 0 Å². The Labute approximate surface area is 109 Å². The standard InChI is InChI=1S/C15H11NOS/c17-14(10-15-16-8-9-18-15)13-7-3-5-11-4-1-2-6-12(11)13/h1-9H,10H2. The molecule has 0 fully saturated rings. The molecule has 2 aromatic carbocycles. The lowest BCUT2D eigenvalue weighted by molar-refractivity contribution is 0.0994. The van der Waals surface area contributed by atoms with Crippen LogP contribution in [-0.4, -0.2) is 10.8 Å². The van der Waals surface area contributed by atoms with Gasteiger partial charge in [0.05, 0.1) is 6.42 Å². The number of benzene rings is 2. The van der Waals surface area contributed by atoms with Gasteiger partial charge >= 0.3 is 0 Å². The highest BCUT2D eigenvalue weighted by Crippen LogP contribution is 2.20. The number of aromatic nitrogens is 1. The van der Waals surface area contributed by atoms with Gasteiger partial charge in [0.25, 0.3) is 0 Å². The third-order valence-corrected chi connectivity index (χ3v) is 3.66.